The number of rotatable bonds is 5. The van der Waals surface area contributed by atoms with Crippen LogP contribution in [0.4, 0.5) is 4.79 Å². The molecule has 0 saturated carbocycles. The first-order valence-electron chi connectivity index (χ1n) is 11.6. The lowest BCUT2D eigenvalue weighted by Gasteiger charge is -2.20. The van der Waals surface area contributed by atoms with Crippen LogP contribution in [0.5, 0.6) is 0 Å². The molecular formula is C29H29N3O3. The van der Waals surface area contributed by atoms with Crippen LogP contribution in [0, 0.1) is 5.92 Å². The van der Waals surface area contributed by atoms with Crippen molar-refractivity contribution >= 4 is 24.0 Å². The fraction of sp³-hybridized carbons (Fsp3) is 0.207. The van der Waals surface area contributed by atoms with Crippen LogP contribution in [0.2, 0.25) is 0 Å². The molecule has 1 aliphatic rings. The number of benzene rings is 3. The van der Waals surface area contributed by atoms with Gasteiger partial charge in [-0.25, -0.2) is 9.69 Å². The molecule has 1 aliphatic heterocycles. The van der Waals surface area contributed by atoms with Gasteiger partial charge in [-0.1, -0.05) is 105 Å². The lowest BCUT2D eigenvalue weighted by Crippen LogP contribution is -2.37. The topological polar surface area (TPSA) is 62.2 Å². The van der Waals surface area contributed by atoms with Gasteiger partial charge in [-0.3, -0.25) is 4.79 Å². The molecular weight excluding hydrogens is 438 g/mol. The molecule has 1 atom stereocenters. The first-order valence-corrected chi connectivity index (χ1v) is 11.6. The molecule has 1 unspecified atom stereocenters. The third kappa shape index (κ3) is 5.49. The summed E-state index contributed by atoms with van der Waals surface area (Å²) in [6.45, 7) is 3.68. The van der Waals surface area contributed by atoms with Crippen LogP contribution in [-0.4, -0.2) is 34.8 Å². The van der Waals surface area contributed by atoms with Crippen molar-refractivity contribution in [2.45, 2.75) is 26.5 Å². The number of likely N-dealkylation sites (N-methyl/N-ethyl adjacent to an activating group) is 1. The molecule has 1 saturated heterocycles. The summed E-state index contributed by atoms with van der Waals surface area (Å²) in [4.78, 5) is 33.9. The Labute approximate surface area is 206 Å². The number of nitrogens with zero attached hydrogens (tertiary/aromatic N) is 3. The van der Waals surface area contributed by atoms with Crippen LogP contribution < -0.4 is 0 Å². The zero-order valence-electron chi connectivity index (χ0n) is 20.2. The first kappa shape index (κ1) is 24.0. The lowest BCUT2D eigenvalue weighted by molar-refractivity contribution is -0.120. The number of hydrogen-bond donors (Lipinski definition) is 0. The van der Waals surface area contributed by atoms with E-state index >= 15 is 0 Å². The van der Waals surface area contributed by atoms with Crippen molar-refractivity contribution in [2.24, 2.45) is 10.9 Å². The molecule has 0 spiro atoms. The second kappa shape index (κ2) is 10.8. The van der Waals surface area contributed by atoms with E-state index < -0.39 is 6.09 Å². The van der Waals surface area contributed by atoms with Gasteiger partial charge >= 0.3 is 6.09 Å². The van der Waals surface area contributed by atoms with Crippen molar-refractivity contribution in [1.82, 2.24) is 9.80 Å². The van der Waals surface area contributed by atoms with Crippen LogP contribution in [0.1, 0.15) is 36.6 Å². The maximum absolute atomic E-state index is 13.5. The van der Waals surface area contributed by atoms with Gasteiger partial charge in [0, 0.05) is 13.0 Å². The molecule has 1 fully saturated rings. The van der Waals surface area contributed by atoms with E-state index in [2.05, 4.69) is 4.99 Å². The summed E-state index contributed by atoms with van der Waals surface area (Å²) in [6, 6.07) is 28.8. The maximum Gasteiger partial charge on any atom is 0.421 e. The Morgan fingerprint density at radius 2 is 1.49 bits per heavy atom. The second-order valence-corrected chi connectivity index (χ2v) is 8.68. The minimum Gasteiger partial charge on any atom is -0.444 e. The van der Waals surface area contributed by atoms with E-state index in [9.17, 15) is 9.59 Å². The Kier molecular flexibility index (Phi) is 7.41. The van der Waals surface area contributed by atoms with Gasteiger partial charge in [0.1, 0.15) is 6.61 Å². The Balaban J connectivity index is 1.81. The third-order valence-corrected chi connectivity index (χ3v) is 5.76. The van der Waals surface area contributed by atoms with Gasteiger partial charge in [0.2, 0.25) is 5.96 Å². The molecule has 0 bridgehead atoms. The maximum atomic E-state index is 13.5. The average Bonchev–Trinajstić information content (AvgIpc) is 3.14. The summed E-state index contributed by atoms with van der Waals surface area (Å²) < 4.78 is 5.71. The van der Waals surface area contributed by atoms with Gasteiger partial charge in [0.25, 0.3) is 5.91 Å². The van der Waals surface area contributed by atoms with Gasteiger partial charge < -0.3 is 9.64 Å². The summed E-state index contributed by atoms with van der Waals surface area (Å²) in [5, 5.41) is 0. The lowest BCUT2D eigenvalue weighted by atomic mass is 10.0. The Hall–Kier alpha value is -4.19. The van der Waals surface area contributed by atoms with Crippen molar-refractivity contribution in [3.63, 3.8) is 0 Å². The molecule has 0 N–H and O–H groups in total. The summed E-state index contributed by atoms with van der Waals surface area (Å²) in [7, 11) is 1.84. The van der Waals surface area contributed by atoms with E-state index in [1.807, 2.05) is 109 Å². The number of carbonyl (C=O) groups is 2. The van der Waals surface area contributed by atoms with Crippen LogP contribution in [0.3, 0.4) is 0 Å². The van der Waals surface area contributed by atoms with E-state index in [0.717, 1.165) is 16.7 Å². The molecule has 3 aromatic rings. The van der Waals surface area contributed by atoms with Gasteiger partial charge in [-0.15, -0.1) is 0 Å². The van der Waals surface area contributed by atoms with Crippen LogP contribution in [-0.2, 0) is 16.1 Å². The molecule has 3 aromatic carbocycles. The molecule has 178 valence electrons. The van der Waals surface area contributed by atoms with Crippen molar-refractivity contribution < 1.29 is 14.3 Å². The van der Waals surface area contributed by atoms with E-state index in [4.69, 9.17) is 4.74 Å². The minimum absolute atomic E-state index is 0.111. The monoisotopic (exact) mass is 467 g/mol. The fourth-order valence-corrected chi connectivity index (χ4v) is 3.93. The van der Waals surface area contributed by atoms with Gasteiger partial charge in [-0.2, -0.15) is 4.99 Å². The SMILES string of the molecule is CC(C)C(=O)/N=C1\N(C(=O)OCc2ccccc2)/C(=C\c2ccccc2)C(c2ccccc2)N1C. The average molecular weight is 468 g/mol. The first-order chi connectivity index (χ1) is 17.0. The van der Waals surface area contributed by atoms with Gasteiger partial charge in [0.15, 0.2) is 0 Å². The van der Waals surface area contributed by atoms with Gasteiger partial charge in [-0.05, 0) is 22.8 Å². The Morgan fingerprint density at radius 1 is 0.914 bits per heavy atom. The summed E-state index contributed by atoms with van der Waals surface area (Å²) in [6.07, 6.45) is 1.36. The van der Waals surface area contributed by atoms with Crippen molar-refractivity contribution in [1.29, 1.82) is 0 Å². The molecule has 4 rings (SSSR count). The minimum atomic E-state index is -0.586. The zero-order valence-corrected chi connectivity index (χ0v) is 20.2. The number of guanidine groups is 1. The normalized spacial score (nSPS) is 17.9. The standard InChI is InChI=1S/C29H29N3O3/c1-21(2)27(33)30-28-31(3)26(24-17-11-6-12-18-24)25(19-22-13-7-4-8-14-22)32(28)29(34)35-20-23-15-9-5-10-16-23/h4-19,21,26H,20H2,1-3H3/b25-19-,30-28-. The molecule has 0 aliphatic carbocycles. The smallest absolute Gasteiger partial charge is 0.421 e. The summed E-state index contributed by atoms with van der Waals surface area (Å²) in [5.41, 5.74) is 3.44. The van der Waals surface area contributed by atoms with E-state index in [1.165, 1.54) is 4.90 Å². The quantitative estimate of drug-likeness (QED) is 0.469. The molecule has 2 amide bonds. The van der Waals surface area contributed by atoms with Crippen LogP contribution in [0.15, 0.2) is 102 Å². The molecule has 0 radical (unpaired) electrons. The third-order valence-electron chi connectivity index (χ3n) is 5.76. The number of ether oxygens (including phenoxy) is 1. The zero-order chi connectivity index (χ0) is 24.8. The van der Waals surface area contributed by atoms with Crippen molar-refractivity contribution in [3.05, 3.63) is 113 Å². The number of hydrogen-bond acceptors (Lipinski definition) is 3. The molecule has 0 aromatic heterocycles. The number of amides is 2. The van der Waals surface area contributed by atoms with Crippen molar-refractivity contribution in [2.75, 3.05) is 7.05 Å². The predicted octanol–water partition coefficient (Wildman–Crippen LogP) is 5.89. The highest BCUT2D eigenvalue weighted by molar-refractivity contribution is 6.05. The predicted molar refractivity (Wildman–Crippen MR) is 137 cm³/mol. The highest BCUT2D eigenvalue weighted by Gasteiger charge is 2.43. The Morgan fingerprint density at radius 3 is 2.09 bits per heavy atom. The molecule has 1 heterocycles. The fourth-order valence-electron chi connectivity index (χ4n) is 3.93. The number of aliphatic imine (C=N–C) groups is 1. The van der Waals surface area contributed by atoms with E-state index in [1.54, 1.807) is 13.8 Å². The highest BCUT2D eigenvalue weighted by atomic mass is 16.6. The van der Waals surface area contributed by atoms with E-state index in [0.29, 0.717) is 5.70 Å². The van der Waals surface area contributed by atoms with Crippen molar-refractivity contribution in [3.8, 4) is 0 Å². The molecule has 6 heteroatoms. The summed E-state index contributed by atoms with van der Waals surface area (Å²) in [5.74, 6) is -0.367. The molecule has 35 heavy (non-hydrogen) atoms. The largest absolute Gasteiger partial charge is 0.444 e. The molecule has 6 nitrogen and oxygen atoms in total. The second-order valence-electron chi connectivity index (χ2n) is 8.68. The van der Waals surface area contributed by atoms with Crippen LogP contribution >= 0.6 is 0 Å². The van der Waals surface area contributed by atoms with E-state index in [-0.39, 0.29) is 30.4 Å². The summed E-state index contributed by atoms with van der Waals surface area (Å²) >= 11 is 0. The van der Waals surface area contributed by atoms with Gasteiger partial charge in [0.05, 0.1) is 11.7 Å². The Bertz CT molecular complexity index is 1220. The number of carbonyl (C=O) groups excluding carboxylic acids is 2. The van der Waals surface area contributed by atoms with Crippen LogP contribution in [0.25, 0.3) is 6.08 Å². The highest BCUT2D eigenvalue weighted by Crippen LogP contribution is 2.39.